The van der Waals surface area contributed by atoms with Crippen molar-refractivity contribution in [1.29, 1.82) is 0 Å². The first-order valence-corrected chi connectivity index (χ1v) is 6.04. The molecule has 1 aromatic carbocycles. The summed E-state index contributed by atoms with van der Waals surface area (Å²) in [5.74, 6) is 1.36. The largest absolute Gasteiger partial charge is 0.489 e. The summed E-state index contributed by atoms with van der Waals surface area (Å²) in [5.41, 5.74) is 7.83. The highest BCUT2D eigenvalue weighted by atomic mass is 16.5. The Morgan fingerprint density at radius 3 is 2.82 bits per heavy atom. The standard InChI is InChI=1S/C13H19N3O/c1-4-8-16-10-6-5-7-11(17-9(2)3)12(10)15-13(16)14/h5-7,9H,4,8H2,1-3H3,(H2,14,15). The van der Waals surface area contributed by atoms with Gasteiger partial charge >= 0.3 is 0 Å². The van der Waals surface area contributed by atoms with Crippen LogP contribution in [0, 0.1) is 0 Å². The van der Waals surface area contributed by atoms with Gasteiger partial charge < -0.3 is 15.0 Å². The smallest absolute Gasteiger partial charge is 0.201 e. The van der Waals surface area contributed by atoms with Crippen LogP contribution >= 0.6 is 0 Å². The van der Waals surface area contributed by atoms with E-state index in [0.717, 1.165) is 29.7 Å². The highest BCUT2D eigenvalue weighted by Crippen LogP contribution is 2.27. The number of nitrogens with two attached hydrogens (primary N) is 1. The van der Waals surface area contributed by atoms with Gasteiger partial charge in [0.25, 0.3) is 0 Å². The van der Waals surface area contributed by atoms with Gasteiger partial charge in [0.15, 0.2) is 0 Å². The molecule has 0 saturated heterocycles. The lowest BCUT2D eigenvalue weighted by Crippen LogP contribution is -2.05. The van der Waals surface area contributed by atoms with Crippen LogP contribution in [0.2, 0.25) is 0 Å². The number of nitrogens with zero attached hydrogens (tertiary/aromatic N) is 2. The Bertz CT molecular complexity index is 517. The second kappa shape index (κ2) is 4.65. The van der Waals surface area contributed by atoms with Crippen LogP contribution in [0.1, 0.15) is 27.2 Å². The number of imidazole rings is 1. The summed E-state index contributed by atoms with van der Waals surface area (Å²) < 4.78 is 7.77. The minimum absolute atomic E-state index is 0.137. The van der Waals surface area contributed by atoms with Crippen LogP contribution in [-0.4, -0.2) is 15.7 Å². The van der Waals surface area contributed by atoms with E-state index in [1.807, 2.05) is 36.6 Å². The van der Waals surface area contributed by atoms with Gasteiger partial charge in [-0.1, -0.05) is 13.0 Å². The third-order valence-electron chi connectivity index (χ3n) is 2.58. The number of hydrogen-bond donors (Lipinski definition) is 1. The van der Waals surface area contributed by atoms with E-state index in [2.05, 4.69) is 11.9 Å². The maximum atomic E-state index is 5.94. The summed E-state index contributed by atoms with van der Waals surface area (Å²) in [7, 11) is 0. The van der Waals surface area contributed by atoms with Crippen molar-refractivity contribution in [1.82, 2.24) is 9.55 Å². The van der Waals surface area contributed by atoms with Crippen LogP contribution in [0.4, 0.5) is 5.95 Å². The fraction of sp³-hybridized carbons (Fsp3) is 0.462. The van der Waals surface area contributed by atoms with Crippen LogP contribution in [0.25, 0.3) is 11.0 Å². The first-order valence-electron chi connectivity index (χ1n) is 6.04. The Labute approximate surface area is 101 Å². The highest BCUT2D eigenvalue weighted by Gasteiger charge is 2.12. The lowest BCUT2D eigenvalue weighted by Gasteiger charge is -2.10. The van der Waals surface area contributed by atoms with Gasteiger partial charge in [-0.2, -0.15) is 0 Å². The molecule has 2 rings (SSSR count). The average molecular weight is 233 g/mol. The minimum Gasteiger partial charge on any atom is -0.489 e. The fourth-order valence-corrected chi connectivity index (χ4v) is 1.95. The van der Waals surface area contributed by atoms with Crippen molar-refractivity contribution in [3.8, 4) is 5.75 Å². The van der Waals surface area contributed by atoms with Crippen LogP contribution in [0.5, 0.6) is 5.75 Å². The van der Waals surface area contributed by atoms with E-state index >= 15 is 0 Å². The third kappa shape index (κ3) is 2.20. The summed E-state index contributed by atoms with van der Waals surface area (Å²) in [6.07, 6.45) is 1.17. The quantitative estimate of drug-likeness (QED) is 0.883. The number of anilines is 1. The summed E-state index contributed by atoms with van der Waals surface area (Å²) in [4.78, 5) is 4.40. The van der Waals surface area contributed by atoms with E-state index in [-0.39, 0.29) is 6.10 Å². The first kappa shape index (κ1) is 11.8. The van der Waals surface area contributed by atoms with Crippen molar-refractivity contribution in [3.05, 3.63) is 18.2 Å². The van der Waals surface area contributed by atoms with Gasteiger partial charge in [0.1, 0.15) is 11.3 Å². The summed E-state index contributed by atoms with van der Waals surface area (Å²) in [6.45, 7) is 7.02. The molecule has 0 radical (unpaired) electrons. The zero-order valence-electron chi connectivity index (χ0n) is 10.6. The second-order valence-corrected chi connectivity index (χ2v) is 4.41. The van der Waals surface area contributed by atoms with Crippen molar-refractivity contribution in [2.45, 2.75) is 39.8 Å². The number of ether oxygens (including phenoxy) is 1. The van der Waals surface area contributed by atoms with Gasteiger partial charge in [-0.3, -0.25) is 0 Å². The van der Waals surface area contributed by atoms with Crippen LogP contribution in [-0.2, 0) is 6.54 Å². The maximum absolute atomic E-state index is 5.94. The topological polar surface area (TPSA) is 53.1 Å². The molecule has 4 nitrogen and oxygen atoms in total. The first-order chi connectivity index (χ1) is 8.13. The van der Waals surface area contributed by atoms with Crippen molar-refractivity contribution < 1.29 is 4.74 Å². The van der Waals surface area contributed by atoms with E-state index in [0.29, 0.717) is 5.95 Å². The number of nitrogen functional groups attached to an aromatic ring is 1. The molecule has 0 amide bonds. The summed E-state index contributed by atoms with van der Waals surface area (Å²) in [5, 5.41) is 0. The van der Waals surface area contributed by atoms with Gasteiger partial charge in [0.2, 0.25) is 5.95 Å². The average Bonchev–Trinajstić information content (AvgIpc) is 2.57. The lowest BCUT2D eigenvalue weighted by atomic mass is 10.3. The number of benzene rings is 1. The molecule has 0 atom stereocenters. The van der Waals surface area contributed by atoms with Crippen molar-refractivity contribution in [2.24, 2.45) is 0 Å². The number of hydrogen-bond acceptors (Lipinski definition) is 3. The van der Waals surface area contributed by atoms with E-state index in [1.165, 1.54) is 0 Å². The van der Waals surface area contributed by atoms with E-state index < -0.39 is 0 Å². The molecular formula is C13H19N3O. The molecule has 0 spiro atoms. The maximum Gasteiger partial charge on any atom is 0.201 e. The Hall–Kier alpha value is -1.71. The number of aryl methyl sites for hydroxylation is 1. The third-order valence-corrected chi connectivity index (χ3v) is 2.58. The molecule has 17 heavy (non-hydrogen) atoms. The van der Waals surface area contributed by atoms with Gasteiger partial charge in [-0.25, -0.2) is 4.98 Å². The lowest BCUT2D eigenvalue weighted by molar-refractivity contribution is 0.245. The molecule has 2 aromatic rings. The molecule has 0 bridgehead atoms. The molecule has 0 unspecified atom stereocenters. The zero-order valence-corrected chi connectivity index (χ0v) is 10.6. The summed E-state index contributed by atoms with van der Waals surface area (Å²) in [6, 6.07) is 5.94. The Kier molecular flexibility index (Phi) is 3.22. The van der Waals surface area contributed by atoms with Gasteiger partial charge in [-0.15, -0.1) is 0 Å². The van der Waals surface area contributed by atoms with Crippen molar-refractivity contribution >= 4 is 17.0 Å². The fourth-order valence-electron chi connectivity index (χ4n) is 1.95. The van der Waals surface area contributed by atoms with Crippen LogP contribution < -0.4 is 10.5 Å². The number of aromatic nitrogens is 2. The molecule has 0 saturated carbocycles. The van der Waals surface area contributed by atoms with Gasteiger partial charge in [-0.05, 0) is 32.4 Å². The second-order valence-electron chi connectivity index (χ2n) is 4.41. The number of fused-ring (bicyclic) bond motifs is 1. The normalized spacial score (nSPS) is 11.3. The highest BCUT2D eigenvalue weighted by molar-refractivity contribution is 5.84. The van der Waals surface area contributed by atoms with E-state index in [4.69, 9.17) is 10.5 Å². The Morgan fingerprint density at radius 1 is 1.41 bits per heavy atom. The van der Waals surface area contributed by atoms with Gasteiger partial charge in [0, 0.05) is 6.54 Å². The van der Waals surface area contributed by atoms with E-state index in [9.17, 15) is 0 Å². The minimum atomic E-state index is 0.137. The monoisotopic (exact) mass is 233 g/mol. The Balaban J connectivity index is 2.54. The summed E-state index contributed by atoms with van der Waals surface area (Å²) >= 11 is 0. The molecule has 0 fully saturated rings. The molecule has 0 aliphatic heterocycles. The van der Waals surface area contributed by atoms with Crippen LogP contribution in [0.3, 0.4) is 0 Å². The van der Waals surface area contributed by atoms with Crippen LogP contribution in [0.15, 0.2) is 18.2 Å². The molecule has 0 aliphatic rings. The number of rotatable bonds is 4. The molecule has 1 heterocycles. The van der Waals surface area contributed by atoms with Crippen molar-refractivity contribution in [3.63, 3.8) is 0 Å². The molecule has 0 aliphatic carbocycles. The predicted octanol–water partition coefficient (Wildman–Crippen LogP) is 2.82. The predicted molar refractivity (Wildman–Crippen MR) is 70.2 cm³/mol. The SMILES string of the molecule is CCCn1c(N)nc2c(OC(C)C)cccc21. The number of para-hydroxylation sites is 1. The van der Waals surface area contributed by atoms with E-state index in [1.54, 1.807) is 0 Å². The van der Waals surface area contributed by atoms with Gasteiger partial charge in [0.05, 0.1) is 11.6 Å². The molecule has 1 aromatic heterocycles. The molecule has 2 N–H and O–H groups in total. The molecular weight excluding hydrogens is 214 g/mol. The van der Waals surface area contributed by atoms with Crippen molar-refractivity contribution in [2.75, 3.05) is 5.73 Å². The molecule has 92 valence electrons. The molecule has 4 heteroatoms. The zero-order chi connectivity index (χ0) is 12.4. The Morgan fingerprint density at radius 2 is 2.18 bits per heavy atom.